The third-order valence-corrected chi connectivity index (χ3v) is 4.28. The van der Waals surface area contributed by atoms with E-state index in [0.29, 0.717) is 18.0 Å². The van der Waals surface area contributed by atoms with Crippen LogP contribution in [0.2, 0.25) is 0 Å². The van der Waals surface area contributed by atoms with Gasteiger partial charge < -0.3 is 15.4 Å². The van der Waals surface area contributed by atoms with E-state index in [4.69, 9.17) is 10.5 Å². The normalized spacial score (nSPS) is 18.0. The zero-order chi connectivity index (χ0) is 15.7. The van der Waals surface area contributed by atoms with Crippen molar-refractivity contribution in [3.8, 4) is 5.75 Å². The highest BCUT2D eigenvalue weighted by molar-refractivity contribution is 6.06. The Morgan fingerprint density at radius 2 is 2.27 bits per heavy atom. The van der Waals surface area contributed by atoms with Gasteiger partial charge in [0.2, 0.25) is 0 Å². The van der Waals surface area contributed by atoms with Crippen molar-refractivity contribution in [1.82, 2.24) is 9.88 Å². The van der Waals surface area contributed by atoms with Gasteiger partial charge in [0.25, 0.3) is 5.91 Å². The number of hydrogen-bond donors (Lipinski definition) is 1. The van der Waals surface area contributed by atoms with E-state index in [-0.39, 0.29) is 5.91 Å². The van der Waals surface area contributed by atoms with Crippen LogP contribution >= 0.6 is 0 Å². The summed E-state index contributed by atoms with van der Waals surface area (Å²) in [5.41, 5.74) is 8.05. The SMILES string of the molecule is COc1ccc2c(C(=O)N3CC[C@@H](CN)C3)cc(C)nc2c1. The van der Waals surface area contributed by atoms with Gasteiger partial charge in [-0.2, -0.15) is 0 Å². The Morgan fingerprint density at radius 3 is 2.95 bits per heavy atom. The van der Waals surface area contributed by atoms with Crippen LogP contribution in [0.3, 0.4) is 0 Å². The molecule has 1 fully saturated rings. The summed E-state index contributed by atoms with van der Waals surface area (Å²) in [5.74, 6) is 1.23. The number of fused-ring (bicyclic) bond motifs is 1. The first-order valence-electron chi connectivity index (χ1n) is 7.57. The molecule has 5 heteroatoms. The van der Waals surface area contributed by atoms with Crippen LogP contribution in [0.4, 0.5) is 0 Å². The zero-order valence-electron chi connectivity index (χ0n) is 13.0. The maximum atomic E-state index is 12.9. The van der Waals surface area contributed by atoms with Crippen molar-refractivity contribution in [3.05, 3.63) is 35.5 Å². The van der Waals surface area contributed by atoms with Gasteiger partial charge in [-0.05, 0) is 44.0 Å². The number of rotatable bonds is 3. The Morgan fingerprint density at radius 1 is 1.45 bits per heavy atom. The monoisotopic (exact) mass is 299 g/mol. The lowest BCUT2D eigenvalue weighted by Gasteiger charge is -2.18. The fourth-order valence-corrected chi connectivity index (χ4v) is 3.02. The highest BCUT2D eigenvalue weighted by Gasteiger charge is 2.27. The van der Waals surface area contributed by atoms with E-state index in [9.17, 15) is 4.79 Å². The van der Waals surface area contributed by atoms with E-state index in [1.807, 2.05) is 36.1 Å². The molecular weight excluding hydrogens is 278 g/mol. The van der Waals surface area contributed by atoms with Crippen LogP contribution in [-0.4, -0.2) is 42.5 Å². The number of benzene rings is 1. The number of amides is 1. The number of hydrogen-bond acceptors (Lipinski definition) is 4. The summed E-state index contributed by atoms with van der Waals surface area (Å²) < 4.78 is 5.24. The Balaban J connectivity index is 2.01. The predicted molar refractivity (Wildman–Crippen MR) is 86.1 cm³/mol. The van der Waals surface area contributed by atoms with E-state index in [2.05, 4.69) is 4.98 Å². The molecule has 0 bridgehead atoms. The topological polar surface area (TPSA) is 68.5 Å². The van der Waals surface area contributed by atoms with Gasteiger partial charge in [0, 0.05) is 30.2 Å². The molecule has 0 saturated carbocycles. The minimum absolute atomic E-state index is 0.0663. The fourth-order valence-electron chi connectivity index (χ4n) is 3.02. The van der Waals surface area contributed by atoms with Crippen LogP contribution in [0, 0.1) is 12.8 Å². The summed E-state index contributed by atoms with van der Waals surface area (Å²) in [7, 11) is 1.63. The second kappa shape index (κ2) is 5.93. The molecule has 2 N–H and O–H groups in total. The van der Waals surface area contributed by atoms with Crippen molar-refractivity contribution >= 4 is 16.8 Å². The number of nitrogens with zero attached hydrogens (tertiary/aromatic N) is 2. The lowest BCUT2D eigenvalue weighted by atomic mass is 10.1. The molecule has 1 aliphatic heterocycles. The molecule has 116 valence electrons. The Bertz CT molecular complexity index is 714. The Kier molecular flexibility index (Phi) is 3.98. The molecule has 0 unspecified atom stereocenters. The standard InChI is InChI=1S/C17H21N3O2/c1-11-7-15(17(21)20-6-5-12(9-18)10-20)14-4-3-13(22-2)8-16(14)19-11/h3-4,7-8,12H,5-6,9-10,18H2,1-2H3/t12-/m0/s1. The molecule has 5 nitrogen and oxygen atoms in total. The van der Waals surface area contributed by atoms with Gasteiger partial charge in [0.15, 0.2) is 0 Å². The third kappa shape index (κ3) is 2.64. The molecule has 2 aromatic rings. The smallest absolute Gasteiger partial charge is 0.254 e. The molecule has 1 aromatic carbocycles. The molecule has 22 heavy (non-hydrogen) atoms. The highest BCUT2D eigenvalue weighted by Crippen LogP contribution is 2.26. The van der Waals surface area contributed by atoms with Crippen molar-refractivity contribution in [2.45, 2.75) is 13.3 Å². The first-order chi connectivity index (χ1) is 10.6. The molecule has 0 radical (unpaired) electrons. The largest absolute Gasteiger partial charge is 0.497 e. The number of carbonyl (C=O) groups is 1. The van der Waals surface area contributed by atoms with Gasteiger partial charge in [-0.25, -0.2) is 0 Å². The summed E-state index contributed by atoms with van der Waals surface area (Å²) in [6, 6.07) is 7.51. The van der Waals surface area contributed by atoms with E-state index in [0.717, 1.165) is 41.9 Å². The number of aryl methyl sites for hydroxylation is 1. The highest BCUT2D eigenvalue weighted by atomic mass is 16.5. The van der Waals surface area contributed by atoms with Crippen LogP contribution in [0.15, 0.2) is 24.3 Å². The number of methoxy groups -OCH3 is 1. The van der Waals surface area contributed by atoms with Crippen LogP contribution in [0.25, 0.3) is 10.9 Å². The van der Waals surface area contributed by atoms with Gasteiger partial charge >= 0.3 is 0 Å². The minimum atomic E-state index is 0.0663. The second-order valence-electron chi connectivity index (χ2n) is 5.84. The van der Waals surface area contributed by atoms with E-state index in [1.54, 1.807) is 7.11 Å². The first-order valence-corrected chi connectivity index (χ1v) is 7.57. The van der Waals surface area contributed by atoms with Crippen molar-refractivity contribution in [2.24, 2.45) is 11.7 Å². The van der Waals surface area contributed by atoms with Crippen molar-refractivity contribution in [2.75, 3.05) is 26.7 Å². The Hall–Kier alpha value is -2.14. The van der Waals surface area contributed by atoms with Gasteiger partial charge in [0.1, 0.15) is 5.75 Å². The zero-order valence-corrected chi connectivity index (χ0v) is 13.0. The molecule has 1 amide bonds. The molecule has 3 rings (SSSR count). The van der Waals surface area contributed by atoms with Gasteiger partial charge in [-0.15, -0.1) is 0 Å². The molecule has 0 spiro atoms. The van der Waals surface area contributed by atoms with Crippen molar-refractivity contribution < 1.29 is 9.53 Å². The van der Waals surface area contributed by atoms with Crippen LogP contribution in [0.1, 0.15) is 22.5 Å². The van der Waals surface area contributed by atoms with Crippen LogP contribution in [-0.2, 0) is 0 Å². The summed E-state index contributed by atoms with van der Waals surface area (Å²) in [6.45, 7) is 4.06. The fraction of sp³-hybridized carbons (Fsp3) is 0.412. The molecule has 1 atom stereocenters. The number of nitrogens with two attached hydrogens (primary N) is 1. The van der Waals surface area contributed by atoms with Crippen molar-refractivity contribution in [3.63, 3.8) is 0 Å². The molecule has 2 heterocycles. The summed E-state index contributed by atoms with van der Waals surface area (Å²) in [6.07, 6.45) is 0.984. The summed E-state index contributed by atoms with van der Waals surface area (Å²) in [4.78, 5) is 19.3. The summed E-state index contributed by atoms with van der Waals surface area (Å²) >= 11 is 0. The second-order valence-corrected chi connectivity index (χ2v) is 5.84. The van der Waals surface area contributed by atoms with Crippen LogP contribution in [0.5, 0.6) is 5.75 Å². The average molecular weight is 299 g/mol. The minimum Gasteiger partial charge on any atom is -0.497 e. The molecule has 1 aromatic heterocycles. The predicted octanol–water partition coefficient (Wildman–Crippen LogP) is 1.97. The van der Waals surface area contributed by atoms with Gasteiger partial charge in [0.05, 0.1) is 18.2 Å². The van der Waals surface area contributed by atoms with Crippen molar-refractivity contribution in [1.29, 1.82) is 0 Å². The van der Waals surface area contributed by atoms with E-state index >= 15 is 0 Å². The average Bonchev–Trinajstić information content (AvgIpc) is 3.01. The third-order valence-electron chi connectivity index (χ3n) is 4.28. The van der Waals surface area contributed by atoms with E-state index < -0.39 is 0 Å². The maximum absolute atomic E-state index is 12.9. The molecule has 1 aliphatic rings. The molecular formula is C17H21N3O2. The molecule has 1 saturated heterocycles. The Labute approximate surface area is 130 Å². The lowest BCUT2D eigenvalue weighted by molar-refractivity contribution is 0.0789. The first kappa shape index (κ1) is 14.8. The number of likely N-dealkylation sites (tertiary alicyclic amines) is 1. The lowest BCUT2D eigenvalue weighted by Crippen LogP contribution is -2.30. The number of aromatic nitrogens is 1. The van der Waals surface area contributed by atoms with Crippen LogP contribution < -0.4 is 10.5 Å². The van der Waals surface area contributed by atoms with Gasteiger partial charge in [-0.3, -0.25) is 9.78 Å². The van der Waals surface area contributed by atoms with Gasteiger partial charge in [-0.1, -0.05) is 0 Å². The number of pyridine rings is 1. The number of carbonyl (C=O) groups excluding carboxylic acids is 1. The maximum Gasteiger partial charge on any atom is 0.254 e. The quantitative estimate of drug-likeness (QED) is 0.941. The molecule has 0 aliphatic carbocycles. The van der Waals surface area contributed by atoms with E-state index in [1.165, 1.54) is 0 Å². The summed E-state index contributed by atoms with van der Waals surface area (Å²) in [5, 5.41) is 0.868. The number of ether oxygens (including phenoxy) is 1.